The number of hydrogen-bond acceptors (Lipinski definition) is 0. The Bertz CT molecular complexity index is 206. The van der Waals surface area contributed by atoms with Crippen LogP contribution in [0.1, 0.15) is 32.6 Å². The molecule has 0 aromatic heterocycles. The van der Waals surface area contributed by atoms with Gasteiger partial charge in [-0.15, -0.1) is 4.55 Å². The molecule has 13 heavy (non-hydrogen) atoms. The molecule has 0 atom stereocenters. The molecule has 1 rings (SSSR count). The Kier molecular flexibility index (Phi) is 6.29. The summed E-state index contributed by atoms with van der Waals surface area (Å²) >= 11 is 0.0606. The first-order valence-electron chi connectivity index (χ1n) is 5.47. The van der Waals surface area contributed by atoms with Gasteiger partial charge in [-0.2, -0.15) is 3.69 Å². The first-order valence-corrected chi connectivity index (χ1v) is 7.18. The van der Waals surface area contributed by atoms with Crippen LogP contribution in [0, 0.1) is 0 Å². The van der Waals surface area contributed by atoms with Gasteiger partial charge in [0.05, 0.1) is 0 Å². The summed E-state index contributed by atoms with van der Waals surface area (Å²) in [6.45, 7) is 2.27. The number of hydrogen-bond donors (Lipinski definition) is 0. The van der Waals surface area contributed by atoms with E-state index < -0.39 is 0 Å². The smallest absolute Gasteiger partial charge is 0.174 e. The first-order chi connectivity index (χ1) is 6.43. The SMILES string of the molecule is CCCCC[CH2][Mg][c]1ccccc1. The van der Waals surface area contributed by atoms with Crippen LogP contribution in [-0.2, 0) is 0 Å². The molecule has 0 radical (unpaired) electrons. The van der Waals surface area contributed by atoms with Crippen molar-refractivity contribution in [3.05, 3.63) is 30.3 Å². The molecule has 1 aromatic rings. The summed E-state index contributed by atoms with van der Waals surface area (Å²) in [5.74, 6) is 0. The van der Waals surface area contributed by atoms with Crippen molar-refractivity contribution >= 4 is 24.1 Å². The summed E-state index contributed by atoms with van der Waals surface area (Å²) in [7, 11) is 0. The second-order valence-corrected chi connectivity index (χ2v) is 5.67. The van der Waals surface area contributed by atoms with Gasteiger partial charge in [-0.25, -0.2) is 0 Å². The topological polar surface area (TPSA) is 0 Å². The third kappa shape index (κ3) is 5.32. The van der Waals surface area contributed by atoms with Gasteiger partial charge in [0.1, 0.15) is 0 Å². The standard InChI is InChI=1S/C6H5.C6H13.Mg/c1-2-4-6-5-3-1;1-3-5-6-4-2;/h1-5H;1,3-6H2,2H3;. The molecular weight excluding hydrogens is 168 g/mol. The number of benzene rings is 1. The summed E-state index contributed by atoms with van der Waals surface area (Å²) in [6.07, 6.45) is 5.67. The van der Waals surface area contributed by atoms with Crippen molar-refractivity contribution < 1.29 is 0 Å². The highest BCUT2D eigenvalue weighted by atomic mass is 24.5. The molecule has 0 bridgehead atoms. The van der Waals surface area contributed by atoms with Gasteiger partial charge in [0.2, 0.25) is 0 Å². The summed E-state index contributed by atoms with van der Waals surface area (Å²) in [4.78, 5) is 0. The van der Waals surface area contributed by atoms with Crippen molar-refractivity contribution in [2.45, 2.75) is 37.2 Å². The minimum atomic E-state index is 0.0606. The van der Waals surface area contributed by atoms with Gasteiger partial charge in [-0.1, -0.05) is 62.9 Å². The molecule has 1 aromatic carbocycles. The number of rotatable bonds is 6. The van der Waals surface area contributed by atoms with E-state index in [4.69, 9.17) is 0 Å². The maximum Gasteiger partial charge on any atom is 0.408 e. The minimum absolute atomic E-state index is 0.0606. The Morgan fingerprint density at radius 1 is 1.00 bits per heavy atom. The van der Waals surface area contributed by atoms with Gasteiger partial charge < -0.3 is 0 Å². The Morgan fingerprint density at radius 2 is 1.77 bits per heavy atom. The quantitative estimate of drug-likeness (QED) is 0.473. The highest BCUT2D eigenvalue weighted by molar-refractivity contribution is 6.53. The lowest BCUT2D eigenvalue weighted by Gasteiger charge is -1.98. The zero-order valence-electron chi connectivity index (χ0n) is 8.63. The van der Waals surface area contributed by atoms with Gasteiger partial charge in [-0.3, -0.25) is 0 Å². The van der Waals surface area contributed by atoms with Crippen LogP contribution >= 0.6 is 0 Å². The van der Waals surface area contributed by atoms with E-state index in [9.17, 15) is 0 Å². The fourth-order valence-corrected chi connectivity index (χ4v) is 3.19. The average molecular weight is 187 g/mol. The van der Waals surface area contributed by atoms with Crippen LogP contribution in [0.3, 0.4) is 0 Å². The van der Waals surface area contributed by atoms with E-state index in [2.05, 4.69) is 37.3 Å². The van der Waals surface area contributed by atoms with Gasteiger partial charge in [0, 0.05) is 0 Å². The van der Waals surface area contributed by atoms with E-state index in [-0.39, 0.29) is 20.4 Å². The van der Waals surface area contributed by atoms with Crippen molar-refractivity contribution in [2.75, 3.05) is 0 Å². The van der Waals surface area contributed by atoms with Gasteiger partial charge in [0.15, 0.2) is 0 Å². The first kappa shape index (κ1) is 11.1. The molecule has 0 nitrogen and oxygen atoms in total. The third-order valence-electron chi connectivity index (χ3n) is 2.41. The van der Waals surface area contributed by atoms with Gasteiger partial charge in [-0.05, 0) is 0 Å². The molecule has 0 saturated carbocycles. The predicted molar refractivity (Wildman–Crippen MR) is 60.8 cm³/mol. The summed E-state index contributed by atoms with van der Waals surface area (Å²) in [5.41, 5.74) is 0. The molecule has 0 aliphatic heterocycles. The van der Waals surface area contributed by atoms with Crippen LogP contribution in [0.25, 0.3) is 0 Å². The molecule has 0 spiro atoms. The molecule has 0 fully saturated rings. The molecule has 0 N–H and O–H groups in total. The van der Waals surface area contributed by atoms with Crippen molar-refractivity contribution in [3.63, 3.8) is 0 Å². The molecular formula is C12H18Mg. The fourth-order valence-electron chi connectivity index (χ4n) is 1.58. The second-order valence-electron chi connectivity index (χ2n) is 3.65. The average Bonchev–Trinajstić information content (AvgIpc) is 2.19. The lowest BCUT2D eigenvalue weighted by Crippen LogP contribution is -2.12. The molecule has 0 amide bonds. The maximum atomic E-state index is 2.28. The third-order valence-corrected chi connectivity index (χ3v) is 4.31. The zero-order valence-corrected chi connectivity index (χ0v) is 10.0. The fraction of sp³-hybridized carbons (Fsp3) is 0.500. The molecule has 68 valence electrons. The zero-order chi connectivity index (χ0) is 9.36. The van der Waals surface area contributed by atoms with Crippen LogP contribution in [0.4, 0.5) is 0 Å². The van der Waals surface area contributed by atoms with E-state index in [0.29, 0.717) is 0 Å². The summed E-state index contributed by atoms with van der Waals surface area (Å²) in [5, 5.41) is 0. The lowest BCUT2D eigenvalue weighted by molar-refractivity contribution is 0.701. The minimum Gasteiger partial charge on any atom is -0.174 e. The van der Waals surface area contributed by atoms with Crippen LogP contribution < -0.4 is 3.69 Å². The molecule has 0 aliphatic carbocycles. The summed E-state index contributed by atoms with van der Waals surface area (Å²) in [6, 6.07) is 11.0. The van der Waals surface area contributed by atoms with Gasteiger partial charge in [0.25, 0.3) is 0 Å². The Morgan fingerprint density at radius 3 is 2.46 bits per heavy atom. The molecule has 0 aliphatic rings. The van der Waals surface area contributed by atoms with Crippen LogP contribution in [0.2, 0.25) is 4.55 Å². The van der Waals surface area contributed by atoms with Crippen molar-refractivity contribution in [1.29, 1.82) is 0 Å². The van der Waals surface area contributed by atoms with Gasteiger partial charge >= 0.3 is 20.4 Å². The monoisotopic (exact) mass is 186 g/mol. The highest BCUT2D eigenvalue weighted by Crippen LogP contribution is 2.01. The van der Waals surface area contributed by atoms with Crippen LogP contribution in [0.5, 0.6) is 0 Å². The maximum absolute atomic E-state index is 2.28. The predicted octanol–water partition coefficient (Wildman–Crippen LogP) is 3.01. The molecule has 0 heterocycles. The Labute approximate surface area is 91.5 Å². The Hall–Kier alpha value is -0.0138. The molecule has 1 heteroatoms. The second kappa shape index (κ2) is 7.40. The van der Waals surface area contributed by atoms with E-state index in [1.54, 1.807) is 3.69 Å². The lowest BCUT2D eigenvalue weighted by atomic mass is 10.2. The molecule has 0 unspecified atom stereocenters. The van der Waals surface area contributed by atoms with E-state index >= 15 is 0 Å². The van der Waals surface area contributed by atoms with E-state index in [1.807, 2.05) is 0 Å². The van der Waals surface area contributed by atoms with Crippen molar-refractivity contribution in [1.82, 2.24) is 0 Å². The van der Waals surface area contributed by atoms with Crippen molar-refractivity contribution in [2.24, 2.45) is 0 Å². The van der Waals surface area contributed by atoms with Crippen molar-refractivity contribution in [3.8, 4) is 0 Å². The normalized spacial score (nSPS) is 9.62. The van der Waals surface area contributed by atoms with E-state index in [1.165, 1.54) is 30.2 Å². The largest absolute Gasteiger partial charge is 0.408 e. The number of unbranched alkanes of at least 4 members (excludes halogenated alkanes) is 3. The Balaban J connectivity index is 2.07. The highest BCUT2D eigenvalue weighted by Gasteiger charge is 1.97. The van der Waals surface area contributed by atoms with Crippen LogP contribution in [-0.4, -0.2) is 20.4 Å². The van der Waals surface area contributed by atoms with Crippen LogP contribution in [0.15, 0.2) is 30.3 Å². The summed E-state index contributed by atoms with van der Waals surface area (Å²) < 4.78 is 3.11. The van der Waals surface area contributed by atoms with E-state index in [0.717, 1.165) is 0 Å². The molecule has 0 saturated heterocycles.